The highest BCUT2D eigenvalue weighted by Gasteiger charge is 2.06. The van der Waals surface area contributed by atoms with Gasteiger partial charge < -0.3 is 0 Å². The maximum atomic E-state index is 12.8. The quantitative estimate of drug-likeness (QED) is 0.719. The third-order valence-electron chi connectivity index (χ3n) is 2.62. The molecular formula is C14H9FN2OS. The zero-order valence-electron chi connectivity index (χ0n) is 9.79. The van der Waals surface area contributed by atoms with Gasteiger partial charge in [0.2, 0.25) is 0 Å². The van der Waals surface area contributed by atoms with E-state index in [0.29, 0.717) is 10.5 Å². The van der Waals surface area contributed by atoms with Crippen LogP contribution in [0.1, 0.15) is 0 Å². The van der Waals surface area contributed by atoms with E-state index in [2.05, 4.69) is 4.98 Å². The molecule has 0 aliphatic carbocycles. The lowest BCUT2D eigenvalue weighted by Crippen LogP contribution is -2.15. The number of aromatic nitrogens is 2. The molecule has 0 saturated carbocycles. The molecule has 0 unspecified atom stereocenters. The normalized spacial score (nSPS) is 10.8. The molecule has 0 saturated heterocycles. The van der Waals surface area contributed by atoms with Crippen molar-refractivity contribution in [3.8, 4) is 0 Å². The third-order valence-corrected chi connectivity index (χ3v) is 3.63. The lowest BCUT2D eigenvalue weighted by Gasteiger charge is -2.03. The van der Waals surface area contributed by atoms with Crippen molar-refractivity contribution in [3.05, 3.63) is 71.0 Å². The summed E-state index contributed by atoms with van der Waals surface area (Å²) in [4.78, 5) is 17.8. The number of fused-ring (bicyclic) bond motifs is 1. The molecule has 3 rings (SSSR count). The third kappa shape index (κ3) is 2.37. The Labute approximate surface area is 112 Å². The first-order valence-corrected chi connectivity index (χ1v) is 6.45. The van der Waals surface area contributed by atoms with Gasteiger partial charge in [0.15, 0.2) is 0 Å². The van der Waals surface area contributed by atoms with Crippen LogP contribution in [0.2, 0.25) is 0 Å². The lowest BCUT2D eigenvalue weighted by atomic mass is 10.4. The molecule has 94 valence electrons. The highest BCUT2D eigenvalue weighted by atomic mass is 32.2. The number of halogens is 1. The number of nitrogens with zero attached hydrogens (tertiary/aromatic N) is 2. The van der Waals surface area contributed by atoms with E-state index in [0.717, 1.165) is 4.90 Å². The van der Waals surface area contributed by atoms with Crippen LogP contribution in [0.3, 0.4) is 0 Å². The summed E-state index contributed by atoms with van der Waals surface area (Å²) in [6.07, 6.45) is 3.23. The molecule has 5 heteroatoms. The van der Waals surface area contributed by atoms with E-state index in [1.807, 2.05) is 6.07 Å². The van der Waals surface area contributed by atoms with Crippen molar-refractivity contribution in [2.24, 2.45) is 0 Å². The summed E-state index contributed by atoms with van der Waals surface area (Å²) in [5, 5.41) is 0. The summed E-state index contributed by atoms with van der Waals surface area (Å²) in [5.41, 5.74) is 0.482. The smallest absolute Gasteiger partial charge is 0.268 e. The van der Waals surface area contributed by atoms with Gasteiger partial charge in [0, 0.05) is 17.3 Å². The fourth-order valence-corrected chi connectivity index (χ4v) is 2.53. The molecule has 0 spiro atoms. The Morgan fingerprint density at radius 2 is 1.89 bits per heavy atom. The Balaban J connectivity index is 2.04. The van der Waals surface area contributed by atoms with Crippen molar-refractivity contribution in [1.82, 2.24) is 9.38 Å². The molecule has 0 bridgehead atoms. The monoisotopic (exact) mass is 272 g/mol. The molecule has 2 aromatic heterocycles. The highest BCUT2D eigenvalue weighted by Crippen LogP contribution is 2.24. The fraction of sp³-hybridized carbons (Fsp3) is 0. The van der Waals surface area contributed by atoms with Crippen molar-refractivity contribution >= 4 is 17.4 Å². The van der Waals surface area contributed by atoms with E-state index < -0.39 is 0 Å². The minimum absolute atomic E-state index is 0.125. The molecule has 19 heavy (non-hydrogen) atoms. The molecule has 1 aromatic carbocycles. The Hall–Kier alpha value is -2.14. The highest BCUT2D eigenvalue weighted by molar-refractivity contribution is 7.99. The molecule has 0 amide bonds. The Morgan fingerprint density at radius 3 is 2.68 bits per heavy atom. The SMILES string of the molecule is O=c1c(Sc2ccc(F)cc2)cnc2ccccn12. The Morgan fingerprint density at radius 1 is 1.11 bits per heavy atom. The van der Waals surface area contributed by atoms with Crippen LogP contribution in [0.5, 0.6) is 0 Å². The summed E-state index contributed by atoms with van der Waals surface area (Å²) >= 11 is 1.28. The van der Waals surface area contributed by atoms with E-state index in [4.69, 9.17) is 0 Å². The van der Waals surface area contributed by atoms with Crippen molar-refractivity contribution in [3.63, 3.8) is 0 Å². The molecule has 0 aliphatic heterocycles. The molecule has 0 fully saturated rings. The first-order chi connectivity index (χ1) is 9.24. The van der Waals surface area contributed by atoms with Gasteiger partial charge >= 0.3 is 0 Å². The zero-order chi connectivity index (χ0) is 13.2. The van der Waals surface area contributed by atoms with Crippen molar-refractivity contribution in [2.45, 2.75) is 9.79 Å². The van der Waals surface area contributed by atoms with E-state index in [9.17, 15) is 9.18 Å². The number of hydrogen-bond acceptors (Lipinski definition) is 3. The lowest BCUT2D eigenvalue weighted by molar-refractivity contribution is 0.626. The maximum absolute atomic E-state index is 12.8. The fourth-order valence-electron chi connectivity index (χ4n) is 1.71. The topological polar surface area (TPSA) is 34.4 Å². The molecular weight excluding hydrogens is 263 g/mol. The summed E-state index contributed by atoms with van der Waals surface area (Å²) in [5.74, 6) is -0.294. The van der Waals surface area contributed by atoms with Crippen LogP contribution in [-0.4, -0.2) is 9.38 Å². The number of benzene rings is 1. The first-order valence-electron chi connectivity index (χ1n) is 5.64. The van der Waals surface area contributed by atoms with E-state index in [1.165, 1.54) is 28.3 Å². The average Bonchev–Trinajstić information content (AvgIpc) is 2.45. The van der Waals surface area contributed by atoms with Crippen LogP contribution in [-0.2, 0) is 0 Å². The van der Waals surface area contributed by atoms with E-state index >= 15 is 0 Å². The summed E-state index contributed by atoms with van der Waals surface area (Å²) in [7, 11) is 0. The molecule has 3 aromatic rings. The van der Waals surface area contributed by atoms with Crippen LogP contribution in [0, 0.1) is 5.82 Å². The molecule has 0 atom stereocenters. The predicted molar refractivity (Wildman–Crippen MR) is 72.0 cm³/mol. The van der Waals surface area contributed by atoms with Gasteiger partial charge in [-0.1, -0.05) is 17.8 Å². The molecule has 0 radical (unpaired) electrons. The number of hydrogen-bond donors (Lipinski definition) is 0. The summed E-state index contributed by atoms with van der Waals surface area (Å²) in [6, 6.07) is 11.4. The molecule has 0 N–H and O–H groups in total. The second kappa shape index (κ2) is 4.85. The number of rotatable bonds is 2. The minimum atomic E-state index is -0.294. The standard InChI is InChI=1S/C14H9FN2OS/c15-10-4-6-11(7-5-10)19-12-9-16-13-3-1-2-8-17(13)14(12)18/h1-9H. The van der Waals surface area contributed by atoms with E-state index in [-0.39, 0.29) is 11.4 Å². The van der Waals surface area contributed by atoms with Gasteiger partial charge in [-0.05, 0) is 36.4 Å². The van der Waals surface area contributed by atoms with Gasteiger partial charge in [-0.25, -0.2) is 9.37 Å². The second-order valence-corrected chi connectivity index (χ2v) is 5.03. The van der Waals surface area contributed by atoms with Gasteiger partial charge in [0.05, 0.1) is 4.90 Å². The second-order valence-electron chi connectivity index (χ2n) is 3.91. The molecule has 0 aliphatic rings. The summed E-state index contributed by atoms with van der Waals surface area (Å²) < 4.78 is 14.3. The van der Waals surface area contributed by atoms with Crippen molar-refractivity contribution in [1.29, 1.82) is 0 Å². The number of pyridine rings is 1. The first kappa shape index (κ1) is 11.9. The predicted octanol–water partition coefficient (Wildman–Crippen LogP) is 2.98. The van der Waals surface area contributed by atoms with Gasteiger partial charge in [0.25, 0.3) is 5.56 Å². The average molecular weight is 272 g/mol. The Bertz CT molecular complexity index is 783. The van der Waals surface area contributed by atoms with E-state index in [1.54, 1.807) is 36.7 Å². The van der Waals surface area contributed by atoms with Gasteiger partial charge in [-0.2, -0.15) is 0 Å². The van der Waals surface area contributed by atoms with Crippen LogP contribution < -0.4 is 5.56 Å². The maximum Gasteiger partial charge on any atom is 0.271 e. The van der Waals surface area contributed by atoms with Crippen LogP contribution in [0.15, 0.2) is 69.4 Å². The zero-order valence-corrected chi connectivity index (χ0v) is 10.6. The van der Waals surface area contributed by atoms with Gasteiger partial charge in [-0.15, -0.1) is 0 Å². The molecule has 2 heterocycles. The Kier molecular flexibility index (Phi) is 3.05. The molecule has 3 nitrogen and oxygen atoms in total. The van der Waals surface area contributed by atoms with Crippen LogP contribution >= 0.6 is 11.8 Å². The van der Waals surface area contributed by atoms with Crippen molar-refractivity contribution < 1.29 is 4.39 Å². The summed E-state index contributed by atoms with van der Waals surface area (Å²) in [6.45, 7) is 0. The van der Waals surface area contributed by atoms with Crippen molar-refractivity contribution in [2.75, 3.05) is 0 Å². The van der Waals surface area contributed by atoms with Gasteiger partial charge in [-0.3, -0.25) is 9.20 Å². The minimum Gasteiger partial charge on any atom is -0.268 e. The van der Waals surface area contributed by atoms with Crippen LogP contribution in [0.4, 0.5) is 4.39 Å². The van der Waals surface area contributed by atoms with Gasteiger partial charge in [0.1, 0.15) is 11.5 Å². The van der Waals surface area contributed by atoms with Crippen LogP contribution in [0.25, 0.3) is 5.65 Å². The largest absolute Gasteiger partial charge is 0.271 e.